The van der Waals surface area contributed by atoms with Crippen LogP contribution >= 0.6 is 15.9 Å². The van der Waals surface area contributed by atoms with Gasteiger partial charge in [-0.05, 0) is 55.0 Å². The third kappa shape index (κ3) is 6.78. The standard InChI is InChI=1S/C25H23BrF2N2O7S/c1-4-29-25(32)14-5-7-20(19(9-14)30-38(33,34)23-8-6-16(27)12-18(23)28)37-22-13-17(26)15(10-21(22)35-2)11-24(31)36-3/h5-10,12-13,30H,4,11H2,1-3H3,(H,29,32). The Balaban J connectivity index is 2.07. The SMILES string of the molecule is CCNC(=O)c1ccc(Oc2cc(Br)c(CC(=O)OC)cc2OC)c(NS(=O)(=O)c2ccc(F)cc2F)c1. The van der Waals surface area contributed by atoms with E-state index in [4.69, 9.17) is 14.2 Å². The Kier molecular flexibility index (Phi) is 9.28. The molecule has 3 aromatic rings. The van der Waals surface area contributed by atoms with Crippen LogP contribution in [0.3, 0.4) is 0 Å². The molecule has 0 aromatic heterocycles. The number of ether oxygens (including phenoxy) is 3. The summed E-state index contributed by atoms with van der Waals surface area (Å²) in [5.41, 5.74) is 0.438. The Labute approximate surface area is 226 Å². The van der Waals surface area contributed by atoms with Crippen LogP contribution in [0.15, 0.2) is 57.9 Å². The average Bonchev–Trinajstić information content (AvgIpc) is 2.86. The lowest BCUT2D eigenvalue weighted by Gasteiger charge is -2.17. The summed E-state index contributed by atoms with van der Waals surface area (Å²) in [6.45, 7) is 2.03. The van der Waals surface area contributed by atoms with E-state index >= 15 is 0 Å². The number of halogens is 3. The Morgan fingerprint density at radius 1 is 0.974 bits per heavy atom. The molecule has 0 bridgehead atoms. The van der Waals surface area contributed by atoms with Gasteiger partial charge in [0.05, 0.1) is 26.3 Å². The Bertz CT molecular complexity index is 1480. The third-order valence-corrected chi connectivity index (χ3v) is 7.26. The fourth-order valence-electron chi connectivity index (χ4n) is 3.29. The van der Waals surface area contributed by atoms with E-state index in [-0.39, 0.29) is 34.9 Å². The van der Waals surface area contributed by atoms with Crippen molar-refractivity contribution in [2.45, 2.75) is 18.2 Å². The van der Waals surface area contributed by atoms with E-state index in [9.17, 15) is 26.8 Å². The fourth-order valence-corrected chi connectivity index (χ4v) is 4.88. The molecule has 0 aliphatic rings. The van der Waals surface area contributed by atoms with E-state index in [0.717, 1.165) is 12.1 Å². The summed E-state index contributed by atoms with van der Waals surface area (Å²) in [6, 6.07) is 9.04. The first kappa shape index (κ1) is 28.9. The van der Waals surface area contributed by atoms with Gasteiger partial charge in [-0.1, -0.05) is 15.9 Å². The molecule has 3 rings (SSSR count). The Morgan fingerprint density at radius 2 is 1.71 bits per heavy atom. The van der Waals surface area contributed by atoms with Crippen molar-refractivity contribution in [2.75, 3.05) is 25.5 Å². The van der Waals surface area contributed by atoms with Gasteiger partial charge >= 0.3 is 5.97 Å². The lowest BCUT2D eigenvalue weighted by atomic mass is 10.1. The fraction of sp³-hybridized carbons (Fsp3) is 0.200. The molecular weight excluding hydrogens is 590 g/mol. The molecule has 0 radical (unpaired) electrons. The second kappa shape index (κ2) is 12.2. The zero-order valence-electron chi connectivity index (χ0n) is 20.4. The van der Waals surface area contributed by atoms with Gasteiger partial charge < -0.3 is 19.5 Å². The van der Waals surface area contributed by atoms with Gasteiger partial charge in [0, 0.05) is 22.6 Å². The number of carbonyl (C=O) groups is 2. The molecule has 0 saturated heterocycles. The van der Waals surface area contributed by atoms with Crippen LogP contribution in [0.1, 0.15) is 22.8 Å². The molecule has 13 heteroatoms. The van der Waals surface area contributed by atoms with Crippen molar-refractivity contribution in [1.29, 1.82) is 0 Å². The van der Waals surface area contributed by atoms with Crippen molar-refractivity contribution in [1.82, 2.24) is 5.32 Å². The number of amides is 1. The van der Waals surface area contributed by atoms with Crippen molar-refractivity contribution in [3.63, 3.8) is 0 Å². The lowest BCUT2D eigenvalue weighted by molar-refractivity contribution is -0.139. The highest BCUT2D eigenvalue weighted by Crippen LogP contribution is 2.40. The number of carbonyl (C=O) groups excluding carboxylic acids is 2. The molecule has 0 fully saturated rings. The highest BCUT2D eigenvalue weighted by Gasteiger charge is 2.23. The van der Waals surface area contributed by atoms with E-state index in [1.54, 1.807) is 6.92 Å². The second-order valence-electron chi connectivity index (χ2n) is 7.70. The molecule has 0 unspecified atom stereocenters. The number of esters is 1. The number of methoxy groups -OCH3 is 2. The Morgan fingerprint density at radius 3 is 2.34 bits per heavy atom. The topological polar surface area (TPSA) is 120 Å². The number of rotatable bonds is 10. The second-order valence-corrected chi connectivity index (χ2v) is 10.2. The van der Waals surface area contributed by atoms with Gasteiger partial charge in [-0.15, -0.1) is 0 Å². The summed E-state index contributed by atoms with van der Waals surface area (Å²) in [5.74, 6) is -2.93. The van der Waals surface area contributed by atoms with Crippen LogP contribution < -0.4 is 19.5 Å². The third-order valence-electron chi connectivity index (χ3n) is 5.12. The van der Waals surface area contributed by atoms with Gasteiger partial charge in [0.1, 0.15) is 16.5 Å². The number of anilines is 1. The maximum atomic E-state index is 14.3. The number of benzene rings is 3. The van der Waals surface area contributed by atoms with E-state index in [1.807, 2.05) is 0 Å². The van der Waals surface area contributed by atoms with Gasteiger partial charge in [0.15, 0.2) is 17.2 Å². The molecule has 0 aliphatic heterocycles. The summed E-state index contributed by atoms with van der Waals surface area (Å²) in [6.07, 6.45) is -0.0523. The Hall–Kier alpha value is -3.71. The van der Waals surface area contributed by atoms with Gasteiger partial charge in [0.2, 0.25) is 0 Å². The van der Waals surface area contributed by atoms with Crippen molar-refractivity contribution < 1.29 is 41.0 Å². The normalized spacial score (nSPS) is 11.0. The van der Waals surface area contributed by atoms with Crippen LogP contribution in [0.2, 0.25) is 0 Å². The van der Waals surface area contributed by atoms with Crippen LogP contribution in [0.4, 0.5) is 14.5 Å². The molecular formula is C25H23BrF2N2O7S. The highest BCUT2D eigenvalue weighted by molar-refractivity contribution is 9.10. The molecule has 202 valence electrons. The molecule has 9 nitrogen and oxygen atoms in total. The molecule has 3 aromatic carbocycles. The molecule has 0 saturated carbocycles. The van der Waals surface area contributed by atoms with E-state index in [2.05, 4.69) is 26.0 Å². The summed E-state index contributed by atoms with van der Waals surface area (Å²) >= 11 is 3.36. The van der Waals surface area contributed by atoms with Gasteiger partial charge in [-0.3, -0.25) is 14.3 Å². The smallest absolute Gasteiger partial charge is 0.310 e. The van der Waals surface area contributed by atoms with Crippen molar-refractivity contribution in [2.24, 2.45) is 0 Å². The minimum absolute atomic E-state index is 0.0523. The number of nitrogens with one attached hydrogen (secondary N) is 2. The average molecular weight is 613 g/mol. The molecule has 38 heavy (non-hydrogen) atoms. The minimum atomic E-state index is -4.57. The van der Waals surface area contributed by atoms with Crippen LogP contribution in [0.25, 0.3) is 0 Å². The number of sulfonamides is 1. The quantitative estimate of drug-likeness (QED) is 0.316. The molecule has 0 heterocycles. The van der Waals surface area contributed by atoms with Crippen LogP contribution in [0.5, 0.6) is 17.2 Å². The first-order chi connectivity index (χ1) is 18.0. The largest absolute Gasteiger partial charge is 0.493 e. The van der Waals surface area contributed by atoms with Gasteiger partial charge in [-0.25, -0.2) is 17.2 Å². The van der Waals surface area contributed by atoms with E-state index in [0.29, 0.717) is 22.6 Å². The van der Waals surface area contributed by atoms with Crippen molar-refractivity contribution in [3.05, 3.63) is 75.8 Å². The van der Waals surface area contributed by atoms with E-state index in [1.165, 1.54) is 44.6 Å². The van der Waals surface area contributed by atoms with Crippen LogP contribution in [0, 0.1) is 11.6 Å². The zero-order chi connectivity index (χ0) is 28.0. The lowest BCUT2D eigenvalue weighted by Crippen LogP contribution is -2.23. The maximum absolute atomic E-state index is 14.3. The molecule has 0 aliphatic carbocycles. The minimum Gasteiger partial charge on any atom is -0.493 e. The van der Waals surface area contributed by atoms with Gasteiger partial charge in [-0.2, -0.15) is 0 Å². The molecule has 0 atom stereocenters. The number of hydrogen-bond donors (Lipinski definition) is 2. The van der Waals surface area contributed by atoms with Crippen LogP contribution in [-0.2, 0) is 26.0 Å². The first-order valence-corrected chi connectivity index (χ1v) is 13.3. The summed E-state index contributed by atoms with van der Waals surface area (Å²) in [5, 5.41) is 2.60. The predicted molar refractivity (Wildman–Crippen MR) is 138 cm³/mol. The van der Waals surface area contributed by atoms with Crippen molar-refractivity contribution >= 4 is 43.5 Å². The van der Waals surface area contributed by atoms with E-state index < -0.39 is 38.4 Å². The molecule has 1 amide bonds. The number of hydrogen-bond acceptors (Lipinski definition) is 7. The predicted octanol–water partition coefficient (Wildman–Crippen LogP) is 4.79. The highest BCUT2D eigenvalue weighted by atomic mass is 79.9. The first-order valence-electron chi connectivity index (χ1n) is 11.0. The summed E-state index contributed by atoms with van der Waals surface area (Å²) < 4.78 is 72.3. The summed E-state index contributed by atoms with van der Waals surface area (Å²) in [4.78, 5) is 23.3. The zero-order valence-corrected chi connectivity index (χ0v) is 22.8. The summed E-state index contributed by atoms with van der Waals surface area (Å²) in [7, 11) is -1.94. The van der Waals surface area contributed by atoms with Crippen LogP contribution in [-0.4, -0.2) is 41.1 Å². The molecule has 2 N–H and O–H groups in total. The van der Waals surface area contributed by atoms with Gasteiger partial charge in [0.25, 0.3) is 15.9 Å². The van der Waals surface area contributed by atoms with Crippen molar-refractivity contribution in [3.8, 4) is 17.2 Å². The monoisotopic (exact) mass is 612 g/mol. The maximum Gasteiger partial charge on any atom is 0.310 e. The molecule has 0 spiro atoms.